The average molecular weight is 571 g/mol. The van der Waals surface area contributed by atoms with Crippen LogP contribution in [0.4, 0.5) is 5.69 Å². The first-order valence-electron chi connectivity index (χ1n) is 15.9. The number of carbonyl (C=O) groups excluding carboxylic acids is 1. The first-order valence-corrected chi connectivity index (χ1v) is 15.9. The fourth-order valence-corrected chi connectivity index (χ4v) is 4.71. The highest BCUT2D eigenvalue weighted by Crippen LogP contribution is 2.44. The summed E-state index contributed by atoms with van der Waals surface area (Å²) in [6, 6.07) is 8.32. The lowest BCUT2D eigenvalue weighted by atomic mass is 9.85. The minimum Gasteiger partial charge on any atom is -0.493 e. The number of carbonyl (C=O) groups is 1. The van der Waals surface area contributed by atoms with Gasteiger partial charge in [0.1, 0.15) is 6.29 Å². The van der Waals surface area contributed by atoms with E-state index >= 15 is 0 Å². The summed E-state index contributed by atoms with van der Waals surface area (Å²) < 4.78 is 16.5. The van der Waals surface area contributed by atoms with E-state index in [1.165, 1.54) is 56.2 Å². The molecule has 0 radical (unpaired) electrons. The first kappa shape index (κ1) is 36.3. The van der Waals surface area contributed by atoms with Gasteiger partial charge in [0, 0.05) is 26.2 Å². The number of aromatic nitrogens is 1. The quantitative estimate of drug-likeness (QED) is 0.148. The SMILES string of the molecule is CCC(C)CC=O.CCCCCC(C)CC(CC)c1cc(OC)c2c(c1)OCO2.CCCCN(C)c1cccnc1. The van der Waals surface area contributed by atoms with Gasteiger partial charge >= 0.3 is 0 Å². The lowest BCUT2D eigenvalue weighted by Crippen LogP contribution is -2.18. The normalized spacial score (nSPS) is 13.6. The maximum absolute atomic E-state index is 9.77. The predicted octanol–water partition coefficient (Wildman–Crippen LogP) is 9.46. The highest BCUT2D eigenvalue weighted by atomic mass is 16.7. The van der Waals surface area contributed by atoms with Crippen molar-refractivity contribution in [2.45, 2.75) is 112 Å². The fourth-order valence-electron chi connectivity index (χ4n) is 4.71. The molecule has 3 atom stereocenters. The molecule has 3 unspecified atom stereocenters. The van der Waals surface area contributed by atoms with Gasteiger partial charge in [0.05, 0.1) is 19.0 Å². The zero-order chi connectivity index (χ0) is 30.5. The van der Waals surface area contributed by atoms with Crippen molar-refractivity contribution >= 4 is 12.0 Å². The molecular weight excluding hydrogens is 512 g/mol. The lowest BCUT2D eigenvalue weighted by molar-refractivity contribution is -0.108. The van der Waals surface area contributed by atoms with Gasteiger partial charge in [0.15, 0.2) is 11.5 Å². The molecule has 0 saturated heterocycles. The molecule has 2 heterocycles. The van der Waals surface area contributed by atoms with Gasteiger partial charge in [-0.3, -0.25) is 4.98 Å². The summed E-state index contributed by atoms with van der Waals surface area (Å²) in [5.41, 5.74) is 2.51. The standard InChI is InChI=1S/C19H30O3.C10H16N2.C6H12O/c1-5-7-8-9-14(3)10-15(6-2)16-11-17(20-4)19-18(12-16)21-13-22-19;1-3-4-8-12(2)10-6-5-7-11-9-10;1-3-6(2)4-5-7/h11-12,14-15H,5-10,13H2,1-4H3;5-7,9H,3-4,8H2,1-2H3;5-6H,3-4H2,1-2H3. The maximum Gasteiger partial charge on any atom is 0.231 e. The second-order valence-corrected chi connectivity index (χ2v) is 11.3. The van der Waals surface area contributed by atoms with Crippen LogP contribution < -0.4 is 19.1 Å². The number of unbranched alkanes of at least 4 members (excludes halogenated alkanes) is 3. The number of ether oxygens (including phenoxy) is 3. The summed E-state index contributed by atoms with van der Waals surface area (Å²) in [5, 5.41) is 0. The number of pyridine rings is 1. The lowest BCUT2D eigenvalue weighted by Gasteiger charge is -2.21. The monoisotopic (exact) mass is 570 g/mol. The number of hydrogen-bond donors (Lipinski definition) is 0. The fraction of sp³-hybridized carbons (Fsp3) is 0.657. The third-order valence-electron chi connectivity index (χ3n) is 7.76. The molecule has 2 aromatic rings. The largest absolute Gasteiger partial charge is 0.493 e. The minimum atomic E-state index is 0.291. The molecule has 1 aliphatic heterocycles. The number of methoxy groups -OCH3 is 1. The number of benzene rings is 1. The van der Waals surface area contributed by atoms with Crippen LogP contribution in [0.5, 0.6) is 17.2 Å². The van der Waals surface area contributed by atoms with Crippen molar-refractivity contribution in [1.29, 1.82) is 0 Å². The molecule has 6 nitrogen and oxygen atoms in total. The van der Waals surface area contributed by atoms with Gasteiger partial charge in [-0.05, 0) is 66.8 Å². The number of hydrogen-bond acceptors (Lipinski definition) is 6. The highest BCUT2D eigenvalue weighted by Gasteiger charge is 2.23. The van der Waals surface area contributed by atoms with E-state index in [1.54, 1.807) is 13.3 Å². The number of nitrogens with zero attached hydrogens (tertiary/aromatic N) is 2. The third kappa shape index (κ3) is 14.1. The number of fused-ring (bicyclic) bond motifs is 1. The van der Waals surface area contributed by atoms with E-state index in [9.17, 15) is 4.79 Å². The van der Waals surface area contributed by atoms with Crippen LogP contribution >= 0.6 is 0 Å². The summed E-state index contributed by atoms with van der Waals surface area (Å²) in [5.74, 6) is 4.26. The van der Waals surface area contributed by atoms with Crippen LogP contribution in [0, 0.1) is 11.8 Å². The van der Waals surface area contributed by atoms with Gasteiger partial charge in [-0.25, -0.2) is 0 Å². The van der Waals surface area contributed by atoms with Crippen LogP contribution in [0.2, 0.25) is 0 Å². The van der Waals surface area contributed by atoms with E-state index in [-0.39, 0.29) is 0 Å². The van der Waals surface area contributed by atoms with Gasteiger partial charge in [0.2, 0.25) is 12.5 Å². The van der Waals surface area contributed by atoms with E-state index in [4.69, 9.17) is 14.2 Å². The number of rotatable bonds is 16. The molecule has 232 valence electrons. The molecule has 1 aromatic carbocycles. The van der Waals surface area contributed by atoms with E-state index in [0.29, 0.717) is 18.6 Å². The van der Waals surface area contributed by atoms with Crippen LogP contribution in [-0.4, -0.2) is 38.8 Å². The molecule has 0 N–H and O–H groups in total. The van der Waals surface area contributed by atoms with E-state index in [2.05, 4.69) is 76.7 Å². The Bertz CT molecular complexity index is 937. The van der Waals surface area contributed by atoms with E-state index < -0.39 is 0 Å². The average Bonchev–Trinajstić information content (AvgIpc) is 3.48. The number of anilines is 1. The van der Waals surface area contributed by atoms with Crippen molar-refractivity contribution in [2.24, 2.45) is 11.8 Å². The van der Waals surface area contributed by atoms with Crippen LogP contribution in [0.15, 0.2) is 36.7 Å². The van der Waals surface area contributed by atoms with E-state index in [0.717, 1.165) is 55.3 Å². The van der Waals surface area contributed by atoms with Crippen LogP contribution in [0.1, 0.15) is 117 Å². The Balaban J connectivity index is 0.000000369. The van der Waals surface area contributed by atoms with Crippen molar-refractivity contribution in [2.75, 3.05) is 32.4 Å². The molecule has 0 aliphatic carbocycles. The molecule has 3 rings (SSSR count). The van der Waals surface area contributed by atoms with Crippen LogP contribution in [-0.2, 0) is 4.79 Å². The minimum absolute atomic E-state index is 0.291. The Kier molecular flexibility index (Phi) is 19.4. The summed E-state index contributed by atoms with van der Waals surface area (Å²) in [6.45, 7) is 14.7. The molecular formula is C35H58N2O4. The molecule has 0 amide bonds. The summed E-state index contributed by atoms with van der Waals surface area (Å²) in [6.07, 6.45) is 16.7. The number of aldehydes is 1. The maximum atomic E-state index is 9.77. The van der Waals surface area contributed by atoms with Gasteiger partial charge in [-0.15, -0.1) is 0 Å². The smallest absolute Gasteiger partial charge is 0.231 e. The second kappa shape index (κ2) is 21.9. The Hall–Kier alpha value is -2.76. The topological polar surface area (TPSA) is 60.9 Å². The Labute approximate surface area is 251 Å². The van der Waals surface area contributed by atoms with E-state index in [1.807, 2.05) is 12.3 Å². The van der Waals surface area contributed by atoms with Gasteiger partial charge in [0.25, 0.3) is 0 Å². The Morgan fingerprint density at radius 1 is 1.02 bits per heavy atom. The van der Waals surface area contributed by atoms with Gasteiger partial charge in [-0.1, -0.05) is 80.1 Å². The molecule has 0 fully saturated rings. The van der Waals surface area contributed by atoms with Gasteiger partial charge in [-0.2, -0.15) is 0 Å². The van der Waals surface area contributed by atoms with Crippen molar-refractivity contribution in [3.8, 4) is 17.2 Å². The first-order chi connectivity index (χ1) is 19.8. The Morgan fingerprint density at radius 2 is 1.78 bits per heavy atom. The van der Waals surface area contributed by atoms with Gasteiger partial charge < -0.3 is 23.9 Å². The predicted molar refractivity (Wildman–Crippen MR) is 173 cm³/mol. The van der Waals surface area contributed by atoms with Crippen LogP contribution in [0.25, 0.3) is 0 Å². The summed E-state index contributed by atoms with van der Waals surface area (Å²) in [7, 11) is 3.79. The zero-order valence-electron chi connectivity index (χ0n) is 27.3. The van der Waals surface area contributed by atoms with Crippen molar-refractivity contribution in [1.82, 2.24) is 4.98 Å². The zero-order valence-corrected chi connectivity index (χ0v) is 27.3. The molecule has 41 heavy (non-hydrogen) atoms. The molecule has 6 heteroatoms. The highest BCUT2D eigenvalue weighted by molar-refractivity contribution is 5.55. The van der Waals surface area contributed by atoms with Crippen molar-refractivity contribution in [3.05, 3.63) is 42.2 Å². The van der Waals surface area contributed by atoms with Crippen molar-refractivity contribution < 1.29 is 19.0 Å². The molecule has 1 aromatic heterocycles. The summed E-state index contributed by atoms with van der Waals surface area (Å²) in [4.78, 5) is 16.1. The molecule has 1 aliphatic rings. The summed E-state index contributed by atoms with van der Waals surface area (Å²) >= 11 is 0. The molecule has 0 saturated carbocycles. The Morgan fingerprint density at radius 3 is 2.34 bits per heavy atom. The molecule has 0 bridgehead atoms. The molecule has 0 spiro atoms. The second-order valence-electron chi connectivity index (χ2n) is 11.3. The third-order valence-corrected chi connectivity index (χ3v) is 7.76. The van der Waals surface area contributed by atoms with Crippen molar-refractivity contribution in [3.63, 3.8) is 0 Å². The van der Waals surface area contributed by atoms with Crippen LogP contribution in [0.3, 0.4) is 0 Å².